The number of methoxy groups -OCH3 is 1. The monoisotopic (exact) mass is 498 g/mol. The molecule has 4 N–H and O–H groups in total. The number of anilines is 1. The first-order valence-electron chi connectivity index (χ1n) is 11.5. The molecule has 36 heavy (non-hydrogen) atoms. The zero-order chi connectivity index (χ0) is 25.8. The van der Waals surface area contributed by atoms with Crippen molar-refractivity contribution in [1.82, 2.24) is 20.0 Å². The molecule has 2 heterocycles. The van der Waals surface area contributed by atoms with Crippen molar-refractivity contribution in [2.45, 2.75) is 18.9 Å². The Labute approximate surface area is 207 Å². The molecule has 9 nitrogen and oxygen atoms in total. The van der Waals surface area contributed by atoms with Crippen LogP contribution < -0.4 is 16.4 Å². The van der Waals surface area contributed by atoms with Gasteiger partial charge in [-0.25, -0.2) is 18.3 Å². The molecule has 0 spiro atoms. The van der Waals surface area contributed by atoms with Gasteiger partial charge in [0.25, 0.3) is 5.91 Å². The molecule has 1 saturated heterocycles. The lowest BCUT2D eigenvalue weighted by Gasteiger charge is -2.21. The Morgan fingerprint density at radius 1 is 1.14 bits per heavy atom. The van der Waals surface area contributed by atoms with Crippen molar-refractivity contribution in [3.8, 4) is 5.69 Å². The molecule has 11 heteroatoms. The molecule has 0 aliphatic carbocycles. The van der Waals surface area contributed by atoms with E-state index in [0.717, 1.165) is 6.07 Å². The number of benzene rings is 2. The number of aromatic nitrogens is 2. The maximum atomic E-state index is 14.0. The van der Waals surface area contributed by atoms with Gasteiger partial charge in [0.15, 0.2) is 5.82 Å². The molecule has 1 aromatic heterocycles. The minimum Gasteiger partial charge on any atom is -0.383 e. The van der Waals surface area contributed by atoms with Crippen LogP contribution in [-0.4, -0.2) is 66.0 Å². The van der Waals surface area contributed by atoms with E-state index in [1.807, 2.05) is 6.07 Å². The average Bonchev–Trinajstić information content (AvgIpc) is 3.37. The Bertz CT molecular complexity index is 1230. The zero-order valence-electron chi connectivity index (χ0n) is 20.0. The first-order chi connectivity index (χ1) is 17.3. The number of hydrogen-bond donors (Lipinski definition) is 3. The molecule has 1 fully saturated rings. The Morgan fingerprint density at radius 2 is 1.83 bits per heavy atom. The summed E-state index contributed by atoms with van der Waals surface area (Å²) >= 11 is 0. The summed E-state index contributed by atoms with van der Waals surface area (Å²) in [7, 11) is 1.59. The second kappa shape index (κ2) is 10.8. The molecule has 2 atom stereocenters. The minimum atomic E-state index is -0.732. The number of nitrogens with two attached hydrogens (primary N) is 1. The van der Waals surface area contributed by atoms with Crippen LogP contribution in [0, 0.1) is 18.6 Å². The number of amides is 3. The van der Waals surface area contributed by atoms with Gasteiger partial charge in [0.1, 0.15) is 17.2 Å². The van der Waals surface area contributed by atoms with Crippen LogP contribution in [0.5, 0.6) is 0 Å². The first-order valence-corrected chi connectivity index (χ1v) is 11.5. The lowest BCUT2D eigenvalue weighted by atomic mass is 9.94. The van der Waals surface area contributed by atoms with Crippen LogP contribution in [-0.2, 0) is 4.74 Å². The number of aryl methyl sites for hydroxylation is 1. The fraction of sp³-hybridized carbons (Fsp3) is 0.320. The molecular weight excluding hydrogens is 470 g/mol. The van der Waals surface area contributed by atoms with Gasteiger partial charge in [0.05, 0.1) is 24.0 Å². The maximum Gasteiger partial charge on any atom is 0.320 e. The number of carbonyl (C=O) groups excluding carboxylic acids is 2. The summed E-state index contributed by atoms with van der Waals surface area (Å²) in [6.45, 7) is 3.61. The second-order valence-electron chi connectivity index (χ2n) is 8.69. The highest BCUT2D eigenvalue weighted by molar-refractivity contribution is 6.03. The van der Waals surface area contributed by atoms with Gasteiger partial charge < -0.3 is 15.8 Å². The number of urea groups is 1. The molecule has 1 aliphatic heterocycles. The Balaban J connectivity index is 1.60. The molecule has 0 radical (unpaired) electrons. The van der Waals surface area contributed by atoms with E-state index < -0.39 is 29.6 Å². The summed E-state index contributed by atoms with van der Waals surface area (Å²) in [4.78, 5) is 27.4. The van der Waals surface area contributed by atoms with Crippen LogP contribution in [0.15, 0.2) is 48.5 Å². The number of primary amides is 1. The van der Waals surface area contributed by atoms with E-state index in [9.17, 15) is 18.4 Å². The van der Waals surface area contributed by atoms with E-state index in [-0.39, 0.29) is 17.3 Å². The van der Waals surface area contributed by atoms with Crippen LogP contribution in [0.3, 0.4) is 0 Å². The van der Waals surface area contributed by atoms with E-state index in [4.69, 9.17) is 10.5 Å². The molecule has 3 aromatic rings. The normalized spacial score (nSPS) is 17.8. The summed E-state index contributed by atoms with van der Waals surface area (Å²) in [5.41, 5.74) is 7.11. The summed E-state index contributed by atoms with van der Waals surface area (Å²) in [5, 5.41) is 10.0. The number of nitrogens with zero attached hydrogens (tertiary/aromatic N) is 3. The van der Waals surface area contributed by atoms with Crippen LogP contribution >= 0.6 is 0 Å². The van der Waals surface area contributed by atoms with E-state index in [1.165, 1.54) is 16.8 Å². The molecular formula is C25H28F2N6O3. The van der Waals surface area contributed by atoms with Gasteiger partial charge in [-0.15, -0.1) is 0 Å². The van der Waals surface area contributed by atoms with Gasteiger partial charge in [-0.1, -0.05) is 18.2 Å². The lowest BCUT2D eigenvalue weighted by molar-refractivity contribution is 0.100. The highest BCUT2D eigenvalue weighted by atomic mass is 19.1. The number of ether oxygens (including phenoxy) is 1. The number of para-hydroxylation sites is 1. The van der Waals surface area contributed by atoms with Crippen molar-refractivity contribution in [3.63, 3.8) is 0 Å². The smallest absolute Gasteiger partial charge is 0.320 e. The van der Waals surface area contributed by atoms with Gasteiger partial charge in [-0.05, 0) is 36.8 Å². The summed E-state index contributed by atoms with van der Waals surface area (Å²) in [6.07, 6.45) is 0. The van der Waals surface area contributed by atoms with Crippen molar-refractivity contribution in [1.29, 1.82) is 0 Å². The standard InChI is InChI=1S/C25H28F2N6O3/c1-15-22(23(28)34)24(33(31-15)19-6-4-3-5-7-19)30-25(35)29-21-14-32(8-9-36-2)13-20(21)16-10-17(26)12-18(27)11-16/h3-7,10-12,20-21H,8-9,13-14H2,1-2H3,(H2,28,34)(H2,29,30,35). The highest BCUT2D eigenvalue weighted by Gasteiger charge is 2.35. The average molecular weight is 499 g/mol. The topological polar surface area (TPSA) is 115 Å². The molecule has 4 rings (SSSR count). The third-order valence-electron chi connectivity index (χ3n) is 6.18. The van der Waals surface area contributed by atoms with Gasteiger partial charge >= 0.3 is 6.03 Å². The van der Waals surface area contributed by atoms with E-state index in [0.29, 0.717) is 43.2 Å². The fourth-order valence-corrected chi connectivity index (χ4v) is 4.57. The number of rotatable bonds is 8. The van der Waals surface area contributed by atoms with Crippen LogP contribution in [0.2, 0.25) is 0 Å². The summed E-state index contributed by atoms with van der Waals surface area (Å²) in [5.74, 6) is -2.33. The number of carbonyl (C=O) groups is 2. The third kappa shape index (κ3) is 5.52. The van der Waals surface area contributed by atoms with Gasteiger partial charge in [-0.3, -0.25) is 15.0 Å². The molecule has 1 aliphatic rings. The van der Waals surface area contributed by atoms with Crippen molar-refractivity contribution in [2.24, 2.45) is 5.73 Å². The quantitative estimate of drug-likeness (QED) is 0.442. The SMILES string of the molecule is COCCN1CC(NC(=O)Nc2c(C(N)=O)c(C)nn2-c2ccccc2)C(c2cc(F)cc(F)c2)C1. The Hall–Kier alpha value is -3.83. The molecule has 0 saturated carbocycles. The van der Waals surface area contributed by atoms with Gasteiger partial charge in [0, 0.05) is 38.7 Å². The highest BCUT2D eigenvalue weighted by Crippen LogP contribution is 2.29. The van der Waals surface area contributed by atoms with Gasteiger partial charge in [-0.2, -0.15) is 5.10 Å². The zero-order valence-corrected chi connectivity index (χ0v) is 20.0. The van der Waals surface area contributed by atoms with Crippen LogP contribution in [0.25, 0.3) is 5.69 Å². The summed E-state index contributed by atoms with van der Waals surface area (Å²) in [6, 6.07) is 11.3. The van der Waals surface area contributed by atoms with Crippen molar-refractivity contribution in [2.75, 3.05) is 38.7 Å². The van der Waals surface area contributed by atoms with Gasteiger partial charge in [0.2, 0.25) is 0 Å². The summed E-state index contributed by atoms with van der Waals surface area (Å²) < 4.78 is 34.5. The van der Waals surface area contributed by atoms with Crippen molar-refractivity contribution < 1.29 is 23.1 Å². The number of hydrogen-bond acceptors (Lipinski definition) is 5. The molecule has 2 aromatic carbocycles. The molecule has 190 valence electrons. The predicted molar refractivity (Wildman–Crippen MR) is 130 cm³/mol. The van der Waals surface area contributed by atoms with E-state index >= 15 is 0 Å². The van der Waals surface area contributed by atoms with Crippen LogP contribution in [0.4, 0.5) is 19.4 Å². The predicted octanol–water partition coefficient (Wildman–Crippen LogP) is 2.79. The largest absolute Gasteiger partial charge is 0.383 e. The Kier molecular flexibility index (Phi) is 7.61. The molecule has 3 amide bonds. The van der Waals surface area contributed by atoms with Crippen LogP contribution in [0.1, 0.15) is 27.5 Å². The second-order valence-corrected chi connectivity index (χ2v) is 8.69. The molecule has 2 unspecified atom stereocenters. The third-order valence-corrected chi connectivity index (χ3v) is 6.18. The molecule has 0 bridgehead atoms. The van der Waals surface area contributed by atoms with Crippen molar-refractivity contribution >= 4 is 17.8 Å². The maximum absolute atomic E-state index is 14.0. The number of halogens is 2. The van der Waals surface area contributed by atoms with E-state index in [2.05, 4.69) is 20.6 Å². The number of nitrogens with one attached hydrogen (secondary N) is 2. The van der Waals surface area contributed by atoms with E-state index in [1.54, 1.807) is 38.3 Å². The Morgan fingerprint density at radius 3 is 2.47 bits per heavy atom. The first kappa shape index (κ1) is 25.3. The fourth-order valence-electron chi connectivity index (χ4n) is 4.57. The minimum absolute atomic E-state index is 0.0888. The van der Waals surface area contributed by atoms with Crippen molar-refractivity contribution in [3.05, 3.63) is 77.0 Å². The lowest BCUT2D eigenvalue weighted by Crippen LogP contribution is -2.43. The number of likely N-dealkylation sites (tertiary alicyclic amines) is 1.